The molecule has 0 saturated carbocycles. The van der Waals surface area contributed by atoms with Crippen LogP contribution in [0.15, 0.2) is 35.1 Å². The van der Waals surface area contributed by atoms with Crippen LogP contribution in [0.5, 0.6) is 5.75 Å². The Balaban J connectivity index is 2.78. The molecule has 0 spiro atoms. The lowest BCUT2D eigenvalue weighted by atomic mass is 10.0. The topological polar surface area (TPSA) is 51.5 Å². The minimum atomic E-state index is -0.253. The number of aryl methyl sites for hydroxylation is 1. The standard InChI is InChI=1S/C17H21NO3/c1-11(2)18-15(7-6-13(10-19)17(18)20)14-9-12(3)5-8-16(14)21-4/h5-9,11,19H,10H2,1-4H3. The number of pyridine rings is 1. The highest BCUT2D eigenvalue weighted by atomic mass is 16.5. The normalized spacial score (nSPS) is 11.0. The van der Waals surface area contributed by atoms with E-state index in [1.807, 2.05) is 45.0 Å². The quantitative estimate of drug-likeness (QED) is 0.940. The molecule has 0 aliphatic heterocycles. The van der Waals surface area contributed by atoms with Crippen molar-refractivity contribution in [2.24, 2.45) is 0 Å². The Morgan fingerprint density at radius 3 is 2.52 bits per heavy atom. The first-order valence-electron chi connectivity index (χ1n) is 7.00. The summed E-state index contributed by atoms with van der Waals surface area (Å²) in [7, 11) is 1.62. The minimum absolute atomic E-state index is 0.00998. The highest BCUT2D eigenvalue weighted by Gasteiger charge is 2.15. The van der Waals surface area contributed by atoms with Gasteiger partial charge in [0.05, 0.1) is 19.4 Å². The molecule has 0 saturated heterocycles. The van der Waals surface area contributed by atoms with Gasteiger partial charge in [0.15, 0.2) is 0 Å². The summed E-state index contributed by atoms with van der Waals surface area (Å²) in [6.07, 6.45) is 0. The van der Waals surface area contributed by atoms with Crippen LogP contribution in [0.25, 0.3) is 11.3 Å². The van der Waals surface area contributed by atoms with E-state index in [1.165, 1.54) is 0 Å². The summed E-state index contributed by atoms with van der Waals surface area (Å²) < 4.78 is 7.12. The third-order valence-electron chi connectivity index (χ3n) is 3.51. The molecule has 1 aromatic heterocycles. The van der Waals surface area contributed by atoms with Gasteiger partial charge in [0.2, 0.25) is 0 Å². The molecule has 1 aromatic carbocycles. The molecule has 0 fully saturated rings. The molecular formula is C17H21NO3. The fourth-order valence-corrected chi connectivity index (χ4v) is 2.47. The first kappa shape index (κ1) is 15.3. The van der Waals surface area contributed by atoms with Gasteiger partial charge in [-0.1, -0.05) is 11.6 Å². The van der Waals surface area contributed by atoms with E-state index in [-0.39, 0.29) is 18.2 Å². The van der Waals surface area contributed by atoms with Gasteiger partial charge in [-0.3, -0.25) is 4.79 Å². The van der Waals surface area contributed by atoms with Crippen molar-refractivity contribution in [2.45, 2.75) is 33.4 Å². The van der Waals surface area contributed by atoms with E-state index in [9.17, 15) is 9.90 Å². The van der Waals surface area contributed by atoms with E-state index in [0.717, 1.165) is 22.6 Å². The van der Waals surface area contributed by atoms with Crippen LogP contribution in [0.4, 0.5) is 0 Å². The molecule has 0 bridgehead atoms. The fourth-order valence-electron chi connectivity index (χ4n) is 2.47. The number of ether oxygens (including phenoxy) is 1. The number of hydrogen-bond acceptors (Lipinski definition) is 3. The predicted molar refractivity (Wildman–Crippen MR) is 83.7 cm³/mol. The summed E-state index contributed by atoms with van der Waals surface area (Å²) in [6.45, 7) is 5.66. The number of aliphatic hydroxyl groups excluding tert-OH is 1. The van der Waals surface area contributed by atoms with E-state index >= 15 is 0 Å². The van der Waals surface area contributed by atoms with Crippen molar-refractivity contribution in [3.8, 4) is 17.0 Å². The van der Waals surface area contributed by atoms with Crippen LogP contribution in [0.3, 0.4) is 0 Å². The first-order valence-corrected chi connectivity index (χ1v) is 7.00. The van der Waals surface area contributed by atoms with E-state index in [1.54, 1.807) is 17.7 Å². The molecule has 0 unspecified atom stereocenters. The number of aliphatic hydroxyl groups is 1. The zero-order valence-corrected chi connectivity index (χ0v) is 12.9. The molecule has 0 aliphatic carbocycles. The number of benzene rings is 1. The lowest BCUT2D eigenvalue weighted by Crippen LogP contribution is -2.26. The van der Waals surface area contributed by atoms with Gasteiger partial charge in [-0.05, 0) is 45.0 Å². The number of nitrogens with zero attached hydrogens (tertiary/aromatic N) is 1. The first-order chi connectivity index (χ1) is 9.99. The molecule has 2 rings (SSSR count). The molecule has 21 heavy (non-hydrogen) atoms. The lowest BCUT2D eigenvalue weighted by molar-refractivity contribution is 0.279. The third kappa shape index (κ3) is 2.85. The molecule has 0 atom stereocenters. The fraction of sp³-hybridized carbons (Fsp3) is 0.353. The van der Waals surface area contributed by atoms with E-state index in [0.29, 0.717) is 5.56 Å². The zero-order chi connectivity index (χ0) is 15.6. The second-order valence-electron chi connectivity index (χ2n) is 5.37. The van der Waals surface area contributed by atoms with Crippen molar-refractivity contribution in [1.29, 1.82) is 0 Å². The molecule has 2 aromatic rings. The Morgan fingerprint density at radius 2 is 1.95 bits per heavy atom. The Hall–Kier alpha value is -2.07. The zero-order valence-electron chi connectivity index (χ0n) is 12.9. The summed E-state index contributed by atoms with van der Waals surface area (Å²) in [4.78, 5) is 12.5. The summed E-state index contributed by atoms with van der Waals surface area (Å²) >= 11 is 0. The molecule has 1 heterocycles. The Morgan fingerprint density at radius 1 is 1.24 bits per heavy atom. The van der Waals surface area contributed by atoms with Gasteiger partial charge in [-0.15, -0.1) is 0 Å². The summed E-state index contributed by atoms with van der Waals surface area (Å²) in [5.41, 5.74) is 3.02. The van der Waals surface area contributed by atoms with Gasteiger partial charge >= 0.3 is 0 Å². The van der Waals surface area contributed by atoms with Crippen LogP contribution < -0.4 is 10.3 Å². The summed E-state index contributed by atoms with van der Waals surface area (Å²) in [5.74, 6) is 0.728. The smallest absolute Gasteiger partial charge is 0.256 e. The number of hydrogen-bond donors (Lipinski definition) is 1. The van der Waals surface area contributed by atoms with Crippen molar-refractivity contribution in [3.63, 3.8) is 0 Å². The van der Waals surface area contributed by atoms with Gasteiger partial charge in [-0.25, -0.2) is 0 Å². The van der Waals surface area contributed by atoms with Crippen molar-refractivity contribution < 1.29 is 9.84 Å². The monoisotopic (exact) mass is 287 g/mol. The van der Waals surface area contributed by atoms with E-state index in [4.69, 9.17) is 4.74 Å². The average Bonchev–Trinajstić information content (AvgIpc) is 2.46. The van der Waals surface area contributed by atoms with Crippen molar-refractivity contribution in [3.05, 3.63) is 51.8 Å². The predicted octanol–water partition coefficient (Wildman–Crippen LogP) is 2.91. The van der Waals surface area contributed by atoms with Crippen LogP contribution in [-0.2, 0) is 6.61 Å². The maximum Gasteiger partial charge on any atom is 0.256 e. The Bertz CT molecular complexity index is 702. The summed E-state index contributed by atoms with van der Waals surface area (Å²) in [6, 6.07) is 9.42. The van der Waals surface area contributed by atoms with Crippen LogP contribution in [0.1, 0.15) is 31.0 Å². The molecular weight excluding hydrogens is 266 g/mol. The largest absolute Gasteiger partial charge is 0.496 e. The molecule has 0 aliphatic rings. The second kappa shape index (κ2) is 6.14. The van der Waals surface area contributed by atoms with E-state index in [2.05, 4.69) is 0 Å². The number of rotatable bonds is 4. The van der Waals surface area contributed by atoms with Gasteiger partial charge in [0, 0.05) is 17.2 Å². The van der Waals surface area contributed by atoms with Gasteiger partial charge in [0.1, 0.15) is 5.75 Å². The molecule has 112 valence electrons. The molecule has 4 nitrogen and oxygen atoms in total. The maximum absolute atomic E-state index is 12.5. The van der Waals surface area contributed by atoms with Gasteiger partial charge in [0.25, 0.3) is 5.56 Å². The lowest BCUT2D eigenvalue weighted by Gasteiger charge is -2.19. The van der Waals surface area contributed by atoms with Crippen LogP contribution in [0.2, 0.25) is 0 Å². The minimum Gasteiger partial charge on any atom is -0.496 e. The van der Waals surface area contributed by atoms with Gasteiger partial charge < -0.3 is 14.4 Å². The third-order valence-corrected chi connectivity index (χ3v) is 3.51. The van der Waals surface area contributed by atoms with E-state index < -0.39 is 0 Å². The Kier molecular flexibility index (Phi) is 4.48. The van der Waals surface area contributed by atoms with Crippen molar-refractivity contribution in [2.75, 3.05) is 7.11 Å². The maximum atomic E-state index is 12.5. The Labute approximate surface area is 124 Å². The molecule has 1 N–H and O–H groups in total. The van der Waals surface area contributed by atoms with Crippen LogP contribution in [-0.4, -0.2) is 16.8 Å². The molecule has 4 heteroatoms. The van der Waals surface area contributed by atoms with Crippen LogP contribution in [0, 0.1) is 6.92 Å². The molecule has 0 radical (unpaired) electrons. The van der Waals surface area contributed by atoms with Gasteiger partial charge in [-0.2, -0.15) is 0 Å². The highest BCUT2D eigenvalue weighted by molar-refractivity contribution is 5.68. The number of methoxy groups -OCH3 is 1. The summed E-state index contributed by atoms with van der Waals surface area (Å²) in [5, 5.41) is 9.29. The highest BCUT2D eigenvalue weighted by Crippen LogP contribution is 2.31. The second-order valence-corrected chi connectivity index (χ2v) is 5.37. The average molecular weight is 287 g/mol. The van der Waals surface area contributed by atoms with Crippen molar-refractivity contribution >= 4 is 0 Å². The number of aromatic nitrogens is 1. The van der Waals surface area contributed by atoms with Crippen molar-refractivity contribution in [1.82, 2.24) is 4.57 Å². The SMILES string of the molecule is COc1ccc(C)cc1-c1ccc(CO)c(=O)n1C(C)C. The molecule has 0 amide bonds. The van der Waals surface area contributed by atoms with Crippen LogP contribution >= 0.6 is 0 Å².